The van der Waals surface area contributed by atoms with Crippen molar-refractivity contribution in [3.8, 4) is 0 Å². The van der Waals surface area contributed by atoms with E-state index in [1.807, 2.05) is 17.0 Å². The molecule has 0 spiro atoms. The monoisotopic (exact) mass is 471 g/mol. The van der Waals surface area contributed by atoms with Crippen LogP contribution in [-0.2, 0) is 11.2 Å². The van der Waals surface area contributed by atoms with Gasteiger partial charge in [-0.3, -0.25) is 4.79 Å². The number of amides is 1. The molecule has 0 aliphatic carbocycles. The lowest BCUT2D eigenvalue weighted by Crippen LogP contribution is -2.37. The quantitative estimate of drug-likeness (QED) is 0.482. The summed E-state index contributed by atoms with van der Waals surface area (Å²) >= 11 is 6.22. The predicted octanol–water partition coefficient (Wildman–Crippen LogP) is 6.18. The van der Waals surface area contributed by atoms with E-state index in [-0.39, 0.29) is 18.3 Å². The van der Waals surface area contributed by atoms with E-state index in [2.05, 4.69) is 46.4 Å². The number of nitrogens with zero attached hydrogens (tertiary/aromatic N) is 2. The average molecular weight is 472 g/mol. The predicted molar refractivity (Wildman–Crippen MR) is 135 cm³/mol. The smallest absolute Gasteiger partial charge is 0.227 e. The van der Waals surface area contributed by atoms with Crippen LogP contribution in [0.3, 0.4) is 0 Å². The number of para-hydroxylation sites is 1. The van der Waals surface area contributed by atoms with Crippen LogP contribution in [0.2, 0.25) is 5.02 Å². The van der Waals surface area contributed by atoms with Crippen molar-refractivity contribution in [1.82, 2.24) is 9.88 Å². The minimum absolute atomic E-state index is 0. The van der Waals surface area contributed by atoms with Crippen molar-refractivity contribution in [1.29, 1.82) is 0 Å². The fraction of sp³-hybridized carbons (Fsp3) is 0.423. The maximum atomic E-state index is 12.9. The van der Waals surface area contributed by atoms with Gasteiger partial charge in [0.2, 0.25) is 5.91 Å². The lowest BCUT2D eigenvalue weighted by atomic mass is 9.89. The van der Waals surface area contributed by atoms with Crippen LogP contribution in [0.25, 0.3) is 10.9 Å². The number of rotatable bonds is 5. The number of benzene rings is 2. The molecule has 170 valence electrons. The van der Waals surface area contributed by atoms with E-state index >= 15 is 0 Å². The maximum Gasteiger partial charge on any atom is 0.227 e. The number of aryl methyl sites for hydroxylation is 1. The van der Waals surface area contributed by atoms with Crippen molar-refractivity contribution in [3.05, 3.63) is 64.8 Å². The summed E-state index contributed by atoms with van der Waals surface area (Å²) in [6.07, 6.45) is 8.20. The summed E-state index contributed by atoms with van der Waals surface area (Å²) in [5.74, 6) is 0.854. The fourth-order valence-electron chi connectivity index (χ4n) is 5.30. The third-order valence-corrected chi connectivity index (χ3v) is 7.21. The molecular weight excluding hydrogens is 441 g/mol. The number of hydrogen-bond donors (Lipinski definition) is 1. The lowest BCUT2D eigenvalue weighted by molar-refractivity contribution is -0.118. The van der Waals surface area contributed by atoms with Crippen LogP contribution in [0.5, 0.6) is 0 Å². The van der Waals surface area contributed by atoms with Gasteiger partial charge in [-0.05, 0) is 93.0 Å². The molecule has 1 saturated heterocycles. The Bertz CT molecular complexity index is 1070. The maximum absolute atomic E-state index is 12.9. The third-order valence-electron chi connectivity index (χ3n) is 6.98. The van der Waals surface area contributed by atoms with Crippen LogP contribution < -0.4 is 4.90 Å². The third kappa shape index (κ3) is 4.83. The zero-order chi connectivity index (χ0) is 21.2. The van der Waals surface area contributed by atoms with Gasteiger partial charge in [0.25, 0.3) is 0 Å². The summed E-state index contributed by atoms with van der Waals surface area (Å²) < 4.78 is 0. The molecule has 32 heavy (non-hydrogen) atoms. The number of likely N-dealkylation sites (tertiary alicyclic amines) is 1. The van der Waals surface area contributed by atoms with E-state index in [0.717, 1.165) is 69.0 Å². The number of nitrogens with one attached hydrogen (secondary N) is 1. The van der Waals surface area contributed by atoms with Gasteiger partial charge in [-0.1, -0.05) is 29.8 Å². The van der Waals surface area contributed by atoms with Crippen molar-refractivity contribution in [3.63, 3.8) is 0 Å². The molecule has 0 unspecified atom stereocenters. The Morgan fingerprint density at radius 2 is 1.91 bits per heavy atom. The SMILES string of the molecule is Cl.O=C(CCCN1CCC(c2c[nH]c3ccc(Cl)cc23)CC1)N1CCCc2ccccc21. The van der Waals surface area contributed by atoms with Crippen LogP contribution in [-0.4, -0.2) is 42.0 Å². The first-order valence-electron chi connectivity index (χ1n) is 11.6. The molecule has 3 heterocycles. The first-order chi connectivity index (χ1) is 15.2. The summed E-state index contributed by atoms with van der Waals surface area (Å²) in [7, 11) is 0. The normalized spacial score (nSPS) is 17.2. The Hall–Kier alpha value is -2.01. The van der Waals surface area contributed by atoms with Gasteiger partial charge in [-0.2, -0.15) is 0 Å². The summed E-state index contributed by atoms with van der Waals surface area (Å²) in [6.45, 7) is 4.06. The number of fused-ring (bicyclic) bond motifs is 2. The van der Waals surface area contributed by atoms with Gasteiger partial charge in [0.15, 0.2) is 0 Å². The van der Waals surface area contributed by atoms with Gasteiger partial charge in [0.05, 0.1) is 0 Å². The van der Waals surface area contributed by atoms with Crippen molar-refractivity contribution < 1.29 is 4.79 Å². The molecule has 0 saturated carbocycles. The van der Waals surface area contributed by atoms with Crippen LogP contribution in [0, 0.1) is 0 Å². The Morgan fingerprint density at radius 1 is 1.09 bits per heavy atom. The first-order valence-corrected chi connectivity index (χ1v) is 11.9. The Morgan fingerprint density at radius 3 is 2.75 bits per heavy atom. The number of piperidine rings is 1. The summed E-state index contributed by atoms with van der Waals surface area (Å²) in [6, 6.07) is 14.4. The highest BCUT2D eigenvalue weighted by Crippen LogP contribution is 2.34. The minimum atomic E-state index is 0. The molecule has 1 aromatic heterocycles. The zero-order valence-electron chi connectivity index (χ0n) is 18.4. The number of aromatic amines is 1. The van der Waals surface area contributed by atoms with E-state index in [1.165, 1.54) is 22.0 Å². The average Bonchev–Trinajstić information content (AvgIpc) is 3.22. The topological polar surface area (TPSA) is 39.3 Å². The van der Waals surface area contributed by atoms with Gasteiger partial charge in [0.1, 0.15) is 0 Å². The summed E-state index contributed by atoms with van der Waals surface area (Å²) in [4.78, 5) is 20.8. The highest BCUT2D eigenvalue weighted by molar-refractivity contribution is 6.31. The van der Waals surface area contributed by atoms with E-state index in [9.17, 15) is 4.79 Å². The fourth-order valence-corrected chi connectivity index (χ4v) is 5.47. The van der Waals surface area contributed by atoms with Crippen molar-refractivity contribution in [2.24, 2.45) is 0 Å². The molecule has 1 N–H and O–H groups in total. The number of hydrogen-bond acceptors (Lipinski definition) is 2. The summed E-state index contributed by atoms with van der Waals surface area (Å²) in [5.41, 5.74) is 5.00. The number of aromatic nitrogens is 1. The van der Waals surface area contributed by atoms with E-state index in [4.69, 9.17) is 11.6 Å². The molecule has 0 bridgehead atoms. The first kappa shape index (κ1) is 23.2. The lowest BCUT2D eigenvalue weighted by Gasteiger charge is -2.32. The van der Waals surface area contributed by atoms with Gasteiger partial charge in [0, 0.05) is 40.8 Å². The number of anilines is 1. The molecule has 0 atom stereocenters. The Kier molecular flexibility index (Phi) is 7.44. The van der Waals surface area contributed by atoms with Gasteiger partial charge in [-0.15, -0.1) is 12.4 Å². The zero-order valence-corrected chi connectivity index (χ0v) is 19.9. The van der Waals surface area contributed by atoms with Gasteiger partial charge >= 0.3 is 0 Å². The highest BCUT2D eigenvalue weighted by atomic mass is 35.5. The molecule has 3 aromatic rings. The largest absolute Gasteiger partial charge is 0.361 e. The van der Waals surface area contributed by atoms with Crippen molar-refractivity contribution >= 4 is 46.5 Å². The molecule has 1 fully saturated rings. The number of carbonyl (C=O) groups excluding carboxylic acids is 1. The van der Waals surface area contributed by atoms with Crippen LogP contribution >= 0.6 is 24.0 Å². The molecule has 4 nitrogen and oxygen atoms in total. The van der Waals surface area contributed by atoms with Crippen LogP contribution in [0.1, 0.15) is 49.1 Å². The number of halogens is 2. The van der Waals surface area contributed by atoms with Gasteiger partial charge < -0.3 is 14.8 Å². The van der Waals surface area contributed by atoms with Crippen LogP contribution in [0.4, 0.5) is 5.69 Å². The van der Waals surface area contributed by atoms with Gasteiger partial charge in [-0.25, -0.2) is 0 Å². The second kappa shape index (κ2) is 10.3. The molecule has 2 aliphatic heterocycles. The second-order valence-corrected chi connectivity index (χ2v) is 9.37. The van der Waals surface area contributed by atoms with E-state index in [1.54, 1.807) is 0 Å². The molecule has 2 aromatic carbocycles. The molecule has 6 heteroatoms. The minimum Gasteiger partial charge on any atom is -0.361 e. The molecule has 1 amide bonds. The molecule has 2 aliphatic rings. The van der Waals surface area contributed by atoms with Crippen LogP contribution in [0.15, 0.2) is 48.7 Å². The number of carbonyl (C=O) groups is 1. The number of H-pyrrole nitrogens is 1. The summed E-state index contributed by atoms with van der Waals surface area (Å²) in [5, 5.41) is 2.06. The standard InChI is InChI=1S/C26H30ClN3O.ClH/c27-21-9-10-24-22(17-21)23(18-28-24)19-11-15-29(16-12-19)13-4-8-26(31)30-14-3-6-20-5-1-2-7-25(20)30;/h1-2,5,7,9-10,17-19,28H,3-4,6,8,11-16H2;1H. The van der Waals surface area contributed by atoms with E-state index in [0.29, 0.717) is 12.3 Å². The van der Waals surface area contributed by atoms with E-state index < -0.39 is 0 Å². The molecular formula is C26H31Cl2N3O. The van der Waals surface area contributed by atoms with Crippen molar-refractivity contribution in [2.45, 2.75) is 44.4 Å². The Balaban J connectivity index is 0.00000245. The second-order valence-electron chi connectivity index (χ2n) is 8.93. The molecule has 5 rings (SSSR count). The molecule has 0 radical (unpaired) electrons. The Labute approximate surface area is 201 Å². The highest BCUT2D eigenvalue weighted by Gasteiger charge is 2.24. The van der Waals surface area contributed by atoms with Crippen molar-refractivity contribution in [2.75, 3.05) is 31.1 Å².